The van der Waals surface area contributed by atoms with Crippen molar-refractivity contribution in [3.63, 3.8) is 0 Å². The Hall–Kier alpha value is -2.11. The fraction of sp³-hybridized carbons (Fsp3) is 0.462. The number of nitrogen functional groups attached to an aromatic ring is 1. The molecule has 0 fully saturated rings. The van der Waals surface area contributed by atoms with Gasteiger partial charge in [0.15, 0.2) is 6.10 Å². The molecular formula is C13H19N3O3. The van der Waals surface area contributed by atoms with Crippen molar-refractivity contribution >= 4 is 17.6 Å². The van der Waals surface area contributed by atoms with Crippen LogP contribution in [0, 0.1) is 0 Å². The van der Waals surface area contributed by atoms with E-state index >= 15 is 0 Å². The van der Waals surface area contributed by atoms with Crippen LogP contribution in [-0.4, -0.2) is 28.5 Å². The summed E-state index contributed by atoms with van der Waals surface area (Å²) in [5, 5.41) is 2.73. The number of pyridine rings is 1. The normalized spacial score (nSPS) is 12.6. The molecule has 1 unspecified atom stereocenters. The molecule has 0 aliphatic rings. The van der Waals surface area contributed by atoms with Crippen LogP contribution in [0.1, 0.15) is 38.2 Å². The number of nitrogens with two attached hydrogens (primary N) is 1. The third-order valence-corrected chi connectivity index (χ3v) is 2.15. The number of carbonyl (C=O) groups is 2. The highest BCUT2D eigenvalue weighted by atomic mass is 16.5. The summed E-state index contributed by atoms with van der Waals surface area (Å²) < 4.78 is 5.03. The van der Waals surface area contributed by atoms with E-state index in [1.165, 1.54) is 19.2 Å². The van der Waals surface area contributed by atoms with Crippen LogP contribution in [-0.2, 0) is 9.53 Å². The van der Waals surface area contributed by atoms with E-state index in [-0.39, 0.29) is 17.1 Å². The van der Waals surface area contributed by atoms with Crippen LogP contribution in [0.3, 0.4) is 0 Å². The van der Waals surface area contributed by atoms with Crippen molar-refractivity contribution in [1.29, 1.82) is 0 Å². The van der Waals surface area contributed by atoms with E-state index in [9.17, 15) is 9.59 Å². The van der Waals surface area contributed by atoms with E-state index in [0.29, 0.717) is 5.69 Å². The lowest BCUT2D eigenvalue weighted by atomic mass is 10.1. The zero-order valence-corrected chi connectivity index (χ0v) is 11.6. The number of hydrogen-bond acceptors (Lipinski definition) is 5. The monoisotopic (exact) mass is 265 g/mol. The average Bonchev–Trinajstić information content (AvgIpc) is 2.27. The quantitative estimate of drug-likeness (QED) is 0.799. The number of amides is 1. The molecule has 1 aromatic rings. The van der Waals surface area contributed by atoms with Crippen LogP contribution >= 0.6 is 0 Å². The highest BCUT2D eigenvalue weighted by Crippen LogP contribution is 2.06. The Morgan fingerprint density at radius 3 is 2.47 bits per heavy atom. The van der Waals surface area contributed by atoms with Gasteiger partial charge in [0.25, 0.3) is 5.91 Å². The van der Waals surface area contributed by atoms with Crippen molar-refractivity contribution < 1.29 is 14.3 Å². The van der Waals surface area contributed by atoms with Crippen LogP contribution in [0.2, 0.25) is 0 Å². The Kier molecular flexibility index (Phi) is 4.47. The molecule has 3 N–H and O–H groups in total. The number of nitrogens with zero attached hydrogens (tertiary/aromatic N) is 1. The maximum atomic E-state index is 11.8. The molecule has 0 saturated carbocycles. The Morgan fingerprint density at radius 1 is 1.37 bits per heavy atom. The molecule has 1 atom stereocenters. The van der Waals surface area contributed by atoms with Gasteiger partial charge in [-0.25, -0.2) is 9.78 Å². The van der Waals surface area contributed by atoms with Crippen LogP contribution < -0.4 is 11.1 Å². The predicted octanol–water partition coefficient (Wildman–Crippen LogP) is 1.12. The van der Waals surface area contributed by atoms with Gasteiger partial charge in [0.2, 0.25) is 0 Å². The maximum Gasteiger partial charge on any atom is 0.357 e. The summed E-state index contributed by atoms with van der Waals surface area (Å²) in [6.07, 6.45) is 0.474. The number of aromatic nitrogens is 1. The molecule has 1 rings (SSSR count). The molecule has 6 heteroatoms. The molecule has 0 aliphatic carbocycles. The third kappa shape index (κ3) is 4.95. The maximum absolute atomic E-state index is 11.8. The fourth-order valence-corrected chi connectivity index (χ4v) is 1.27. The molecule has 0 radical (unpaired) electrons. The number of nitrogens with one attached hydrogen (secondary N) is 1. The first-order valence-electron chi connectivity index (χ1n) is 5.93. The summed E-state index contributed by atoms with van der Waals surface area (Å²) in [5.74, 6) is -1.01. The summed E-state index contributed by atoms with van der Waals surface area (Å²) >= 11 is 0. The van der Waals surface area contributed by atoms with Gasteiger partial charge in [0.1, 0.15) is 5.69 Å². The van der Waals surface area contributed by atoms with Crippen LogP contribution in [0.25, 0.3) is 0 Å². The van der Waals surface area contributed by atoms with E-state index in [4.69, 9.17) is 10.5 Å². The molecule has 6 nitrogen and oxygen atoms in total. The number of rotatable bonds is 3. The zero-order valence-electron chi connectivity index (χ0n) is 11.6. The smallest absolute Gasteiger partial charge is 0.357 e. The standard InChI is InChI=1S/C13H19N3O3/c1-8(11(17)16-13(2,3)4)19-12(18)10-6-5-9(14)7-15-10/h5-8H,14H2,1-4H3,(H,16,17). The summed E-state index contributed by atoms with van der Waals surface area (Å²) in [5.41, 5.74) is 5.66. The zero-order chi connectivity index (χ0) is 14.6. The largest absolute Gasteiger partial charge is 0.448 e. The SMILES string of the molecule is CC(OC(=O)c1ccc(N)cn1)C(=O)NC(C)(C)C. The highest BCUT2D eigenvalue weighted by Gasteiger charge is 2.23. The summed E-state index contributed by atoms with van der Waals surface area (Å²) in [6.45, 7) is 7.05. The summed E-state index contributed by atoms with van der Waals surface area (Å²) in [4.78, 5) is 27.3. The molecule has 0 bridgehead atoms. The van der Waals surface area contributed by atoms with Crippen molar-refractivity contribution in [1.82, 2.24) is 10.3 Å². The van der Waals surface area contributed by atoms with Gasteiger partial charge >= 0.3 is 5.97 Å². The molecule has 0 spiro atoms. The lowest BCUT2D eigenvalue weighted by Crippen LogP contribution is -2.46. The second-order valence-corrected chi connectivity index (χ2v) is 5.26. The molecule has 0 aliphatic heterocycles. The first-order chi connectivity index (χ1) is 8.69. The van der Waals surface area contributed by atoms with Gasteiger partial charge in [0.05, 0.1) is 11.9 Å². The molecule has 0 aromatic carbocycles. The van der Waals surface area contributed by atoms with Gasteiger partial charge in [-0.1, -0.05) is 0 Å². The van der Waals surface area contributed by atoms with Crippen molar-refractivity contribution in [3.05, 3.63) is 24.0 Å². The Balaban J connectivity index is 2.61. The Morgan fingerprint density at radius 2 is 2.00 bits per heavy atom. The van der Waals surface area contributed by atoms with Gasteiger partial charge in [-0.2, -0.15) is 0 Å². The third-order valence-electron chi connectivity index (χ3n) is 2.15. The second kappa shape index (κ2) is 5.69. The molecule has 1 heterocycles. The van der Waals surface area contributed by atoms with Crippen LogP contribution in [0.15, 0.2) is 18.3 Å². The number of carbonyl (C=O) groups excluding carboxylic acids is 2. The van der Waals surface area contributed by atoms with Crippen molar-refractivity contribution in [2.24, 2.45) is 0 Å². The minimum absolute atomic E-state index is 0.115. The van der Waals surface area contributed by atoms with Crippen LogP contribution in [0.4, 0.5) is 5.69 Å². The van der Waals surface area contributed by atoms with E-state index in [1.807, 2.05) is 20.8 Å². The van der Waals surface area contributed by atoms with Gasteiger partial charge in [0, 0.05) is 5.54 Å². The van der Waals surface area contributed by atoms with Crippen LogP contribution in [0.5, 0.6) is 0 Å². The predicted molar refractivity (Wildman–Crippen MR) is 71.4 cm³/mol. The number of anilines is 1. The fourth-order valence-electron chi connectivity index (χ4n) is 1.27. The van der Waals surface area contributed by atoms with E-state index < -0.39 is 12.1 Å². The topological polar surface area (TPSA) is 94.3 Å². The molecular weight excluding hydrogens is 246 g/mol. The highest BCUT2D eigenvalue weighted by molar-refractivity contribution is 5.90. The van der Waals surface area contributed by atoms with Gasteiger partial charge in [-0.3, -0.25) is 4.79 Å². The lowest BCUT2D eigenvalue weighted by molar-refractivity contribution is -0.130. The average molecular weight is 265 g/mol. The van der Waals surface area contributed by atoms with Crippen molar-refractivity contribution in [2.75, 3.05) is 5.73 Å². The number of ether oxygens (including phenoxy) is 1. The minimum Gasteiger partial charge on any atom is -0.448 e. The molecule has 104 valence electrons. The Labute approximate surface area is 112 Å². The van der Waals surface area contributed by atoms with Crippen molar-refractivity contribution in [3.8, 4) is 0 Å². The first kappa shape index (κ1) is 14.9. The second-order valence-electron chi connectivity index (χ2n) is 5.26. The lowest BCUT2D eigenvalue weighted by Gasteiger charge is -2.23. The summed E-state index contributed by atoms with van der Waals surface area (Å²) in [7, 11) is 0. The summed E-state index contributed by atoms with van der Waals surface area (Å²) in [6, 6.07) is 3.00. The molecule has 0 saturated heterocycles. The van der Waals surface area contributed by atoms with E-state index in [0.717, 1.165) is 0 Å². The number of esters is 1. The molecule has 19 heavy (non-hydrogen) atoms. The van der Waals surface area contributed by atoms with E-state index in [2.05, 4.69) is 10.3 Å². The number of hydrogen-bond donors (Lipinski definition) is 2. The van der Waals surface area contributed by atoms with E-state index in [1.54, 1.807) is 6.07 Å². The minimum atomic E-state index is -0.883. The van der Waals surface area contributed by atoms with Gasteiger partial charge < -0.3 is 15.8 Å². The Bertz CT molecular complexity index is 463. The molecule has 1 aromatic heterocycles. The first-order valence-corrected chi connectivity index (χ1v) is 5.93. The van der Waals surface area contributed by atoms with Gasteiger partial charge in [-0.15, -0.1) is 0 Å². The van der Waals surface area contributed by atoms with Crippen molar-refractivity contribution in [2.45, 2.75) is 39.3 Å². The molecule has 1 amide bonds. The van der Waals surface area contributed by atoms with Gasteiger partial charge in [-0.05, 0) is 39.8 Å².